The molecule has 2 rings (SSSR count). The Morgan fingerprint density at radius 3 is 2.05 bits per heavy atom. The second-order valence-corrected chi connectivity index (χ2v) is 6.83. The van der Waals surface area contributed by atoms with Gasteiger partial charge in [0.1, 0.15) is 0 Å². The van der Waals surface area contributed by atoms with Crippen molar-refractivity contribution in [2.24, 2.45) is 11.7 Å². The molecule has 1 aromatic rings. The molecule has 1 aromatic carbocycles. The SMILES string of the molecule is CCC(C)(N)c1ccc(C(C)(O)C2CCCCC2)cc1. The van der Waals surface area contributed by atoms with Gasteiger partial charge in [-0.15, -0.1) is 0 Å². The Labute approximate surface area is 123 Å². The van der Waals surface area contributed by atoms with Gasteiger partial charge in [0, 0.05) is 5.54 Å². The molecule has 0 aromatic heterocycles. The molecule has 2 heteroatoms. The summed E-state index contributed by atoms with van der Waals surface area (Å²) < 4.78 is 0. The lowest BCUT2D eigenvalue weighted by molar-refractivity contribution is -0.0215. The van der Waals surface area contributed by atoms with E-state index in [0.29, 0.717) is 5.92 Å². The van der Waals surface area contributed by atoms with E-state index >= 15 is 0 Å². The van der Waals surface area contributed by atoms with E-state index in [1.807, 2.05) is 6.92 Å². The molecule has 0 radical (unpaired) electrons. The predicted octanol–water partition coefficient (Wildman–Crippen LogP) is 4.06. The molecule has 0 heterocycles. The van der Waals surface area contributed by atoms with Crippen molar-refractivity contribution in [3.63, 3.8) is 0 Å². The molecule has 1 saturated carbocycles. The van der Waals surface area contributed by atoms with Crippen LogP contribution in [-0.4, -0.2) is 5.11 Å². The van der Waals surface area contributed by atoms with Crippen LogP contribution in [0.4, 0.5) is 0 Å². The van der Waals surface area contributed by atoms with E-state index in [9.17, 15) is 5.11 Å². The molecule has 0 aliphatic heterocycles. The monoisotopic (exact) mass is 275 g/mol. The maximum absolute atomic E-state index is 10.9. The Kier molecular flexibility index (Phi) is 4.55. The van der Waals surface area contributed by atoms with Crippen molar-refractivity contribution in [3.05, 3.63) is 35.4 Å². The molecule has 20 heavy (non-hydrogen) atoms. The maximum Gasteiger partial charge on any atom is 0.0896 e. The standard InChI is InChI=1S/C18H29NO/c1-4-17(2,19)14-10-12-16(13-11-14)18(3,20)15-8-6-5-7-9-15/h10-13,15,20H,4-9,19H2,1-3H3. The van der Waals surface area contributed by atoms with Gasteiger partial charge < -0.3 is 10.8 Å². The number of nitrogens with two attached hydrogens (primary N) is 1. The third-order valence-corrected chi connectivity index (χ3v) is 5.26. The molecule has 0 saturated heterocycles. The highest BCUT2D eigenvalue weighted by Crippen LogP contribution is 2.39. The Hall–Kier alpha value is -0.860. The van der Waals surface area contributed by atoms with Crippen LogP contribution in [0.15, 0.2) is 24.3 Å². The third kappa shape index (κ3) is 3.07. The summed E-state index contributed by atoms with van der Waals surface area (Å²) in [5.74, 6) is 0.387. The number of benzene rings is 1. The van der Waals surface area contributed by atoms with Crippen LogP contribution in [0.2, 0.25) is 0 Å². The molecule has 3 N–H and O–H groups in total. The van der Waals surface area contributed by atoms with Crippen LogP contribution in [0.25, 0.3) is 0 Å². The Bertz CT molecular complexity index is 427. The van der Waals surface area contributed by atoms with E-state index in [4.69, 9.17) is 5.73 Å². The van der Waals surface area contributed by atoms with Gasteiger partial charge in [-0.1, -0.05) is 50.5 Å². The van der Waals surface area contributed by atoms with Crippen molar-refractivity contribution in [3.8, 4) is 0 Å². The van der Waals surface area contributed by atoms with E-state index in [2.05, 4.69) is 38.1 Å². The average Bonchev–Trinajstić information content (AvgIpc) is 2.48. The summed E-state index contributed by atoms with van der Waals surface area (Å²) in [6.45, 7) is 6.13. The average molecular weight is 275 g/mol. The number of aliphatic hydroxyl groups is 1. The van der Waals surface area contributed by atoms with Crippen LogP contribution >= 0.6 is 0 Å². The van der Waals surface area contributed by atoms with Crippen molar-refractivity contribution in [1.29, 1.82) is 0 Å². The molecule has 1 fully saturated rings. The zero-order chi connectivity index (χ0) is 14.8. The molecule has 112 valence electrons. The van der Waals surface area contributed by atoms with Crippen molar-refractivity contribution >= 4 is 0 Å². The Morgan fingerprint density at radius 1 is 1.05 bits per heavy atom. The Morgan fingerprint density at radius 2 is 1.55 bits per heavy atom. The highest BCUT2D eigenvalue weighted by atomic mass is 16.3. The zero-order valence-electron chi connectivity index (χ0n) is 13.2. The molecule has 1 aliphatic rings. The minimum atomic E-state index is -0.712. The summed E-state index contributed by atoms with van der Waals surface area (Å²) in [4.78, 5) is 0. The smallest absolute Gasteiger partial charge is 0.0896 e. The van der Waals surface area contributed by atoms with Gasteiger partial charge in [-0.05, 0) is 50.2 Å². The number of hydrogen-bond donors (Lipinski definition) is 2. The van der Waals surface area contributed by atoms with E-state index in [1.165, 1.54) is 19.3 Å². The van der Waals surface area contributed by atoms with E-state index < -0.39 is 5.60 Å². The second kappa shape index (κ2) is 5.87. The first-order valence-electron chi connectivity index (χ1n) is 8.00. The first kappa shape index (κ1) is 15.5. The summed E-state index contributed by atoms with van der Waals surface area (Å²) in [5, 5.41) is 10.9. The second-order valence-electron chi connectivity index (χ2n) is 6.83. The van der Waals surface area contributed by atoms with Crippen molar-refractivity contribution in [2.75, 3.05) is 0 Å². The molecule has 0 spiro atoms. The fourth-order valence-corrected chi connectivity index (χ4v) is 3.29. The quantitative estimate of drug-likeness (QED) is 0.870. The Balaban J connectivity index is 2.20. The topological polar surface area (TPSA) is 46.2 Å². The van der Waals surface area contributed by atoms with Gasteiger partial charge in [0.25, 0.3) is 0 Å². The molecule has 1 aliphatic carbocycles. The fourth-order valence-electron chi connectivity index (χ4n) is 3.29. The van der Waals surface area contributed by atoms with Crippen LogP contribution in [0.1, 0.15) is 70.4 Å². The minimum Gasteiger partial charge on any atom is -0.385 e. The largest absolute Gasteiger partial charge is 0.385 e. The van der Waals surface area contributed by atoms with Crippen LogP contribution < -0.4 is 5.73 Å². The normalized spacial score (nSPS) is 23.1. The molecule has 0 amide bonds. The molecule has 2 atom stereocenters. The first-order chi connectivity index (χ1) is 9.38. The minimum absolute atomic E-state index is 0.283. The van der Waals surface area contributed by atoms with Gasteiger partial charge >= 0.3 is 0 Å². The number of hydrogen-bond acceptors (Lipinski definition) is 2. The summed E-state index contributed by atoms with van der Waals surface area (Å²) >= 11 is 0. The van der Waals surface area contributed by atoms with Gasteiger partial charge in [0.05, 0.1) is 5.60 Å². The predicted molar refractivity (Wildman–Crippen MR) is 84.4 cm³/mol. The molecule has 2 nitrogen and oxygen atoms in total. The van der Waals surface area contributed by atoms with Crippen LogP contribution in [-0.2, 0) is 11.1 Å². The summed E-state index contributed by atoms with van der Waals surface area (Å²) in [7, 11) is 0. The van der Waals surface area contributed by atoms with E-state index in [1.54, 1.807) is 0 Å². The summed E-state index contributed by atoms with van der Waals surface area (Å²) in [6, 6.07) is 8.28. The van der Waals surface area contributed by atoms with Gasteiger partial charge in [0.15, 0.2) is 0 Å². The third-order valence-electron chi connectivity index (χ3n) is 5.26. The molecule has 0 bridgehead atoms. The van der Waals surface area contributed by atoms with Crippen molar-refractivity contribution in [2.45, 2.75) is 70.4 Å². The van der Waals surface area contributed by atoms with Gasteiger partial charge in [-0.25, -0.2) is 0 Å². The molecular formula is C18H29NO. The zero-order valence-corrected chi connectivity index (χ0v) is 13.2. The lowest BCUT2D eigenvalue weighted by Gasteiger charge is -2.36. The van der Waals surface area contributed by atoms with Crippen molar-refractivity contribution in [1.82, 2.24) is 0 Å². The fraction of sp³-hybridized carbons (Fsp3) is 0.667. The van der Waals surface area contributed by atoms with E-state index in [-0.39, 0.29) is 5.54 Å². The van der Waals surface area contributed by atoms with Crippen LogP contribution in [0.3, 0.4) is 0 Å². The lowest BCUT2D eigenvalue weighted by Crippen LogP contribution is -2.34. The summed E-state index contributed by atoms with van der Waals surface area (Å²) in [6.07, 6.45) is 6.99. The lowest BCUT2D eigenvalue weighted by atomic mass is 9.74. The highest BCUT2D eigenvalue weighted by molar-refractivity contribution is 5.31. The highest BCUT2D eigenvalue weighted by Gasteiger charge is 2.34. The number of rotatable bonds is 4. The van der Waals surface area contributed by atoms with E-state index in [0.717, 1.165) is 30.4 Å². The van der Waals surface area contributed by atoms with Crippen LogP contribution in [0, 0.1) is 5.92 Å². The molecular weight excluding hydrogens is 246 g/mol. The van der Waals surface area contributed by atoms with Gasteiger partial charge in [-0.3, -0.25) is 0 Å². The van der Waals surface area contributed by atoms with Gasteiger partial charge in [0.2, 0.25) is 0 Å². The molecule has 2 unspecified atom stereocenters. The summed E-state index contributed by atoms with van der Waals surface area (Å²) in [5.41, 5.74) is 7.45. The van der Waals surface area contributed by atoms with Crippen LogP contribution in [0.5, 0.6) is 0 Å². The van der Waals surface area contributed by atoms with Gasteiger partial charge in [-0.2, -0.15) is 0 Å². The maximum atomic E-state index is 10.9. The van der Waals surface area contributed by atoms with Crippen molar-refractivity contribution < 1.29 is 5.11 Å². The first-order valence-corrected chi connectivity index (χ1v) is 8.00.